The molecule has 0 aromatic heterocycles. The third-order valence-corrected chi connectivity index (χ3v) is 28.9. The Morgan fingerprint density at radius 1 is 0.310 bits per heavy atom. The molecule has 6 saturated carbocycles. The quantitative estimate of drug-likeness (QED) is 0.210. The third-order valence-electron chi connectivity index (χ3n) is 13.5. The van der Waals surface area contributed by atoms with E-state index >= 15 is 0 Å². The van der Waals surface area contributed by atoms with Crippen LogP contribution in [0.3, 0.4) is 0 Å². The molecule has 6 aliphatic carbocycles. The van der Waals surface area contributed by atoms with Crippen LogP contribution in [0, 0.1) is 0 Å². The average molecular weight is 633 g/mol. The molecule has 0 heterocycles. The lowest BCUT2D eigenvalue weighted by atomic mass is 9.99. The fraction of sp³-hybridized carbons (Fsp3) is 1.00. The van der Waals surface area contributed by atoms with Crippen LogP contribution in [0.15, 0.2) is 0 Å². The summed E-state index contributed by atoms with van der Waals surface area (Å²) in [6.07, 6.45) is 49.9. The zero-order chi connectivity index (χ0) is 28.6. The van der Waals surface area contributed by atoms with Gasteiger partial charge < -0.3 is 0 Å². The first-order valence-electron chi connectivity index (χ1n) is 20.2. The molecule has 0 amide bonds. The zero-order valence-corrected chi connectivity index (χ0v) is 30.9. The Kier molecular flexibility index (Phi) is 13.4. The van der Waals surface area contributed by atoms with Crippen LogP contribution in [-0.2, 0) is 0 Å². The lowest BCUT2D eigenvalue weighted by molar-refractivity contribution is 0.466. The van der Waals surface area contributed by atoms with E-state index in [9.17, 15) is 0 Å². The molecule has 0 nitrogen and oxygen atoms in total. The maximum Gasteiger partial charge on any atom is 0.0314 e. The van der Waals surface area contributed by atoms with Gasteiger partial charge in [0, 0.05) is 4.64 Å². The molecule has 0 spiro atoms. The first kappa shape index (κ1) is 33.2. The van der Waals surface area contributed by atoms with Crippen molar-refractivity contribution in [3.8, 4) is 0 Å². The van der Waals surface area contributed by atoms with Gasteiger partial charge in [-0.15, -0.1) is 0 Å². The molecule has 6 aliphatic rings. The summed E-state index contributed by atoms with van der Waals surface area (Å²) in [6.45, 7) is 2.88. The molecule has 3 heteroatoms. The van der Waals surface area contributed by atoms with Crippen LogP contribution in [0.5, 0.6) is 0 Å². The fourth-order valence-electron chi connectivity index (χ4n) is 11.8. The van der Waals surface area contributed by atoms with Crippen molar-refractivity contribution in [1.82, 2.24) is 0 Å². The molecular formula is C39H71P3. The topological polar surface area (TPSA) is 0 Å². The summed E-state index contributed by atoms with van der Waals surface area (Å²) in [6, 6.07) is 0. The lowest BCUT2D eigenvalue weighted by Gasteiger charge is -2.64. The van der Waals surface area contributed by atoms with Gasteiger partial charge in [-0.3, -0.25) is 0 Å². The van der Waals surface area contributed by atoms with Crippen LogP contribution in [0.2, 0.25) is 0 Å². The van der Waals surface area contributed by atoms with Crippen molar-refractivity contribution in [2.24, 2.45) is 0 Å². The van der Waals surface area contributed by atoms with E-state index in [1.807, 2.05) is 0 Å². The Morgan fingerprint density at radius 3 is 0.619 bits per heavy atom. The minimum Gasteiger partial charge on any atom is -0.0849 e. The van der Waals surface area contributed by atoms with E-state index in [2.05, 4.69) is 6.92 Å². The molecule has 0 aliphatic heterocycles. The molecule has 242 valence electrons. The Hall–Kier alpha value is 1.29. The number of rotatable bonds is 10. The highest BCUT2D eigenvalue weighted by Crippen LogP contribution is 2.91. The highest BCUT2D eigenvalue weighted by molar-refractivity contribution is 7.94. The summed E-state index contributed by atoms with van der Waals surface area (Å²) < 4.78 is 0.831. The molecule has 0 unspecified atom stereocenters. The Morgan fingerprint density at radius 2 is 0.476 bits per heavy atom. The minimum absolute atomic E-state index is 0.135. The first-order valence-corrected chi connectivity index (χ1v) is 24.6. The van der Waals surface area contributed by atoms with Gasteiger partial charge in [-0.25, -0.2) is 0 Å². The molecule has 0 atom stereocenters. The van der Waals surface area contributed by atoms with Crippen molar-refractivity contribution in [3.63, 3.8) is 0 Å². The Bertz CT molecular complexity index is 594. The van der Waals surface area contributed by atoms with Gasteiger partial charge in [0.05, 0.1) is 0 Å². The largest absolute Gasteiger partial charge is 0.0849 e. The van der Waals surface area contributed by atoms with Crippen molar-refractivity contribution in [3.05, 3.63) is 0 Å². The Balaban J connectivity index is 1.54. The van der Waals surface area contributed by atoms with Gasteiger partial charge in [-0.1, -0.05) is 146 Å². The lowest BCUT2D eigenvalue weighted by Crippen LogP contribution is -2.43. The summed E-state index contributed by atoms with van der Waals surface area (Å²) >= 11 is 0. The highest BCUT2D eigenvalue weighted by atomic mass is 31.2. The van der Waals surface area contributed by atoms with E-state index in [1.165, 1.54) is 0 Å². The summed E-state index contributed by atoms with van der Waals surface area (Å²) in [5.74, 6) is 0. The van der Waals surface area contributed by atoms with Gasteiger partial charge in [0.2, 0.25) is 0 Å². The normalized spacial score (nSPS) is 28.3. The van der Waals surface area contributed by atoms with Gasteiger partial charge in [-0.05, 0) is 117 Å². The van der Waals surface area contributed by atoms with Gasteiger partial charge in [-0.2, -0.15) is 0 Å². The molecule has 0 aromatic rings. The maximum atomic E-state index is 2.88. The third kappa shape index (κ3) is 7.54. The van der Waals surface area contributed by atoms with Crippen molar-refractivity contribution in [2.75, 3.05) is 0 Å². The van der Waals surface area contributed by atoms with Crippen LogP contribution in [0.1, 0.15) is 206 Å². The molecule has 0 bridgehead atoms. The van der Waals surface area contributed by atoms with Crippen LogP contribution >= 0.6 is 23.8 Å². The monoisotopic (exact) mass is 632 g/mol. The highest BCUT2D eigenvalue weighted by Gasteiger charge is 2.59. The van der Waals surface area contributed by atoms with Crippen LogP contribution in [0.4, 0.5) is 0 Å². The van der Waals surface area contributed by atoms with Gasteiger partial charge in [0.15, 0.2) is 0 Å². The molecule has 0 saturated heterocycles. The van der Waals surface area contributed by atoms with E-state index in [1.54, 1.807) is 199 Å². The van der Waals surface area contributed by atoms with Crippen molar-refractivity contribution in [1.29, 1.82) is 0 Å². The van der Waals surface area contributed by atoms with Crippen molar-refractivity contribution < 1.29 is 0 Å². The first-order chi connectivity index (χ1) is 20.8. The Labute approximate surface area is 267 Å². The average Bonchev–Trinajstić information content (AvgIpc) is 3.08. The summed E-state index contributed by atoms with van der Waals surface area (Å²) in [5, 5.41) is 0. The predicted molar refractivity (Wildman–Crippen MR) is 195 cm³/mol. The van der Waals surface area contributed by atoms with Gasteiger partial charge in [0.1, 0.15) is 0 Å². The molecule has 6 fully saturated rings. The molecule has 42 heavy (non-hydrogen) atoms. The van der Waals surface area contributed by atoms with Gasteiger partial charge >= 0.3 is 0 Å². The van der Waals surface area contributed by atoms with Crippen LogP contribution in [0.25, 0.3) is 0 Å². The SMILES string of the molecule is CCC(P(C1CCCCC1)C1CCCCC1)(P(C1CCCCC1)C1CCCCC1)P(C1CCCCC1)C1CCCCC1. The number of hydrogen-bond acceptors (Lipinski definition) is 0. The molecule has 6 rings (SSSR count). The second kappa shape index (κ2) is 16.9. The van der Waals surface area contributed by atoms with E-state index in [0.717, 1.165) is 38.6 Å². The van der Waals surface area contributed by atoms with Gasteiger partial charge in [0.25, 0.3) is 0 Å². The molecule has 0 radical (unpaired) electrons. The number of hydrogen-bond donors (Lipinski definition) is 0. The van der Waals surface area contributed by atoms with E-state index < -0.39 is 0 Å². The molecular weight excluding hydrogens is 561 g/mol. The predicted octanol–water partition coefficient (Wildman–Crippen LogP) is 14.5. The molecule has 0 aromatic carbocycles. The van der Waals surface area contributed by atoms with Crippen molar-refractivity contribution >= 4 is 23.8 Å². The standard InChI is InChI=1S/C39H71P3/c1-2-39(40(33-21-9-3-10-22-33)34-23-11-4-12-24-34,41(35-25-13-5-14-26-35)36-27-15-6-16-28-36)42(37-29-17-7-18-30-37)38-31-19-8-20-32-38/h33-38H,2-32H2,1H3. The van der Waals surface area contributed by atoms with Crippen molar-refractivity contribution in [2.45, 2.75) is 245 Å². The summed E-state index contributed by atoms with van der Waals surface area (Å²) in [5.41, 5.74) is 6.95. The van der Waals surface area contributed by atoms with Crippen LogP contribution < -0.4 is 0 Å². The smallest absolute Gasteiger partial charge is 0.0314 e. The second-order valence-corrected chi connectivity index (χ2v) is 26.3. The summed E-state index contributed by atoms with van der Waals surface area (Å²) in [7, 11) is 0.405. The van der Waals surface area contributed by atoms with E-state index in [-0.39, 0.29) is 23.8 Å². The maximum absolute atomic E-state index is 2.88. The summed E-state index contributed by atoms with van der Waals surface area (Å²) in [4.78, 5) is 0. The van der Waals surface area contributed by atoms with Crippen LogP contribution in [-0.4, -0.2) is 38.6 Å². The second-order valence-electron chi connectivity index (χ2n) is 16.1. The van der Waals surface area contributed by atoms with E-state index in [4.69, 9.17) is 0 Å². The fourth-order valence-corrected chi connectivity index (χ4v) is 32.8. The minimum atomic E-state index is 0.135. The zero-order valence-electron chi connectivity index (χ0n) is 28.2. The van der Waals surface area contributed by atoms with E-state index in [0.29, 0.717) is 0 Å². The molecule has 0 N–H and O–H groups in total.